The van der Waals surface area contributed by atoms with Gasteiger partial charge in [0.1, 0.15) is 0 Å². The van der Waals surface area contributed by atoms with Crippen LogP contribution in [0.4, 0.5) is 5.00 Å². The van der Waals surface area contributed by atoms with E-state index in [9.17, 15) is 0 Å². The molecule has 1 N–H and O–H groups in total. The van der Waals surface area contributed by atoms with Gasteiger partial charge >= 0.3 is 0 Å². The molecule has 0 bridgehead atoms. The van der Waals surface area contributed by atoms with Crippen molar-refractivity contribution in [1.82, 2.24) is 4.90 Å². The monoisotopic (exact) mass is 208 g/mol. The number of nitrogens with one attached hydrogen (secondary N) is 1. The van der Waals surface area contributed by atoms with Crippen LogP contribution in [0.5, 0.6) is 0 Å². The van der Waals surface area contributed by atoms with E-state index in [1.807, 2.05) is 11.3 Å². The molecular weight excluding hydrogens is 192 g/mol. The smallest absolute Gasteiger partial charge is 0.0921 e. The molecule has 0 aliphatic carbocycles. The van der Waals surface area contributed by atoms with E-state index in [0.29, 0.717) is 5.41 Å². The van der Waals surface area contributed by atoms with Gasteiger partial charge in [-0.3, -0.25) is 0 Å². The molecule has 1 spiro atoms. The summed E-state index contributed by atoms with van der Waals surface area (Å²) in [6.07, 6.45) is 2.64. The van der Waals surface area contributed by atoms with Crippen LogP contribution in [0, 0.1) is 0 Å². The predicted molar refractivity (Wildman–Crippen MR) is 61.2 cm³/mol. The second-order valence-corrected chi connectivity index (χ2v) is 5.52. The predicted octanol–water partition coefficient (Wildman–Crippen LogP) is 2.14. The molecule has 3 heteroatoms. The Balaban J connectivity index is 1.92. The lowest BCUT2D eigenvalue weighted by Crippen LogP contribution is -2.42. The van der Waals surface area contributed by atoms with Crippen molar-refractivity contribution in [2.75, 3.05) is 32.0 Å². The molecule has 3 rings (SSSR count). The van der Waals surface area contributed by atoms with Crippen LogP contribution >= 0.6 is 11.3 Å². The SMILES string of the molecule is CN1CCC2(CC1)CNc1sccc12. The molecule has 1 saturated heterocycles. The van der Waals surface area contributed by atoms with Crippen molar-refractivity contribution in [2.45, 2.75) is 18.3 Å². The summed E-state index contributed by atoms with van der Waals surface area (Å²) in [5.41, 5.74) is 2.07. The van der Waals surface area contributed by atoms with Crippen molar-refractivity contribution in [3.8, 4) is 0 Å². The third kappa shape index (κ3) is 1.12. The Morgan fingerprint density at radius 2 is 2.21 bits per heavy atom. The van der Waals surface area contributed by atoms with Crippen molar-refractivity contribution < 1.29 is 0 Å². The number of thiophene rings is 1. The fourth-order valence-electron chi connectivity index (χ4n) is 2.70. The number of fused-ring (bicyclic) bond motifs is 2. The summed E-state index contributed by atoms with van der Waals surface area (Å²) in [5, 5.41) is 7.20. The molecule has 1 aromatic heterocycles. The zero-order valence-corrected chi connectivity index (χ0v) is 9.36. The molecule has 0 unspecified atom stereocenters. The molecule has 2 aliphatic rings. The van der Waals surface area contributed by atoms with Crippen molar-refractivity contribution in [1.29, 1.82) is 0 Å². The molecule has 0 aromatic carbocycles. The van der Waals surface area contributed by atoms with Crippen LogP contribution in [-0.2, 0) is 5.41 Å². The minimum absolute atomic E-state index is 0.474. The third-order valence-electron chi connectivity index (χ3n) is 3.77. The Morgan fingerprint density at radius 3 is 3.00 bits per heavy atom. The van der Waals surface area contributed by atoms with E-state index in [-0.39, 0.29) is 0 Å². The summed E-state index contributed by atoms with van der Waals surface area (Å²) in [5.74, 6) is 0. The van der Waals surface area contributed by atoms with Crippen molar-refractivity contribution >= 4 is 16.3 Å². The number of hydrogen-bond acceptors (Lipinski definition) is 3. The zero-order valence-electron chi connectivity index (χ0n) is 8.55. The van der Waals surface area contributed by atoms with Gasteiger partial charge in [0.05, 0.1) is 5.00 Å². The number of rotatable bonds is 0. The summed E-state index contributed by atoms with van der Waals surface area (Å²) in [4.78, 5) is 2.44. The van der Waals surface area contributed by atoms with Crippen molar-refractivity contribution in [3.63, 3.8) is 0 Å². The Kier molecular flexibility index (Phi) is 1.86. The first kappa shape index (κ1) is 8.74. The maximum Gasteiger partial charge on any atom is 0.0921 e. The maximum atomic E-state index is 3.56. The van der Waals surface area contributed by atoms with Gasteiger partial charge in [-0.25, -0.2) is 0 Å². The largest absolute Gasteiger partial charge is 0.376 e. The van der Waals surface area contributed by atoms with Gasteiger partial charge in [0, 0.05) is 12.0 Å². The highest BCUT2D eigenvalue weighted by Gasteiger charge is 2.41. The van der Waals surface area contributed by atoms with Crippen LogP contribution in [0.1, 0.15) is 18.4 Å². The number of likely N-dealkylation sites (tertiary alicyclic amines) is 1. The zero-order chi connectivity index (χ0) is 9.60. The van der Waals surface area contributed by atoms with E-state index in [2.05, 4.69) is 28.7 Å². The van der Waals surface area contributed by atoms with Crippen LogP contribution in [0.3, 0.4) is 0 Å². The van der Waals surface area contributed by atoms with Crippen LogP contribution in [0.25, 0.3) is 0 Å². The van der Waals surface area contributed by atoms with Gasteiger partial charge in [-0.05, 0) is 50.0 Å². The summed E-state index contributed by atoms with van der Waals surface area (Å²) < 4.78 is 0. The van der Waals surface area contributed by atoms with Gasteiger partial charge in [0.15, 0.2) is 0 Å². The minimum atomic E-state index is 0.474. The fourth-order valence-corrected chi connectivity index (χ4v) is 3.61. The first-order chi connectivity index (χ1) is 6.80. The number of anilines is 1. The lowest BCUT2D eigenvalue weighted by Gasteiger charge is -2.37. The molecule has 3 heterocycles. The van der Waals surface area contributed by atoms with E-state index in [0.717, 1.165) is 0 Å². The minimum Gasteiger partial charge on any atom is -0.376 e. The van der Waals surface area contributed by atoms with Crippen LogP contribution in [0.2, 0.25) is 0 Å². The van der Waals surface area contributed by atoms with Crippen LogP contribution in [0.15, 0.2) is 11.4 Å². The summed E-state index contributed by atoms with van der Waals surface area (Å²) in [7, 11) is 2.23. The molecule has 0 amide bonds. The molecule has 1 fully saturated rings. The molecule has 2 aliphatic heterocycles. The fraction of sp³-hybridized carbons (Fsp3) is 0.636. The highest BCUT2D eigenvalue weighted by atomic mass is 32.1. The van der Waals surface area contributed by atoms with E-state index >= 15 is 0 Å². The van der Waals surface area contributed by atoms with E-state index in [4.69, 9.17) is 0 Å². The summed E-state index contributed by atoms with van der Waals surface area (Å²) in [6, 6.07) is 2.32. The highest BCUT2D eigenvalue weighted by Crippen LogP contribution is 2.46. The second-order valence-electron chi connectivity index (χ2n) is 4.60. The first-order valence-corrected chi connectivity index (χ1v) is 6.19. The molecule has 2 nitrogen and oxygen atoms in total. The van der Waals surface area contributed by atoms with Gasteiger partial charge in [-0.15, -0.1) is 11.3 Å². The normalized spacial score (nSPS) is 24.9. The molecule has 1 aromatic rings. The summed E-state index contributed by atoms with van der Waals surface area (Å²) in [6.45, 7) is 3.66. The molecule has 0 saturated carbocycles. The number of nitrogens with zero attached hydrogens (tertiary/aromatic N) is 1. The number of hydrogen-bond donors (Lipinski definition) is 1. The van der Waals surface area contributed by atoms with Gasteiger partial charge in [-0.1, -0.05) is 0 Å². The van der Waals surface area contributed by atoms with Crippen LogP contribution < -0.4 is 5.32 Å². The summed E-state index contributed by atoms with van der Waals surface area (Å²) >= 11 is 1.86. The highest BCUT2D eigenvalue weighted by molar-refractivity contribution is 7.14. The van der Waals surface area contributed by atoms with Gasteiger partial charge in [0.25, 0.3) is 0 Å². The second kappa shape index (κ2) is 2.97. The average Bonchev–Trinajstić information content (AvgIpc) is 2.75. The Hall–Kier alpha value is -0.540. The molecule has 0 atom stereocenters. The maximum absolute atomic E-state index is 3.56. The lowest BCUT2D eigenvalue weighted by molar-refractivity contribution is 0.200. The molecule has 76 valence electrons. The molecule has 14 heavy (non-hydrogen) atoms. The van der Waals surface area contributed by atoms with E-state index in [1.54, 1.807) is 5.56 Å². The topological polar surface area (TPSA) is 15.3 Å². The molecule has 0 radical (unpaired) electrons. The van der Waals surface area contributed by atoms with E-state index in [1.165, 1.54) is 37.5 Å². The average molecular weight is 208 g/mol. The molecular formula is C11H16N2S. The van der Waals surface area contributed by atoms with Crippen molar-refractivity contribution in [2.24, 2.45) is 0 Å². The standard InChI is InChI=1S/C11H16N2S/c1-13-5-3-11(4-6-13)8-12-10-9(11)2-7-14-10/h2,7,12H,3-6,8H2,1H3. The van der Waals surface area contributed by atoms with Crippen LogP contribution in [-0.4, -0.2) is 31.6 Å². The van der Waals surface area contributed by atoms with E-state index < -0.39 is 0 Å². The van der Waals surface area contributed by atoms with Gasteiger partial charge < -0.3 is 10.2 Å². The lowest BCUT2D eigenvalue weighted by atomic mass is 9.75. The Morgan fingerprint density at radius 1 is 1.43 bits per heavy atom. The van der Waals surface area contributed by atoms with Gasteiger partial charge in [-0.2, -0.15) is 0 Å². The van der Waals surface area contributed by atoms with Crippen molar-refractivity contribution in [3.05, 3.63) is 17.0 Å². The quantitative estimate of drug-likeness (QED) is 0.702. The Labute approximate surface area is 88.9 Å². The first-order valence-electron chi connectivity index (χ1n) is 5.31. The Bertz CT molecular complexity index is 337. The third-order valence-corrected chi connectivity index (χ3v) is 4.64. The van der Waals surface area contributed by atoms with Gasteiger partial charge in [0.2, 0.25) is 0 Å². The number of piperidine rings is 1.